The van der Waals surface area contributed by atoms with Gasteiger partial charge in [0.25, 0.3) is 0 Å². The first-order valence-electron chi connectivity index (χ1n) is 16.2. The molecule has 0 bridgehead atoms. The van der Waals surface area contributed by atoms with Gasteiger partial charge >= 0.3 is 11.9 Å². The number of benzene rings is 6. The summed E-state index contributed by atoms with van der Waals surface area (Å²) in [5.74, 6) is -1.82. The lowest BCUT2D eigenvalue weighted by Crippen LogP contribution is -2.45. The molecule has 0 saturated heterocycles. The quantitative estimate of drug-likeness (QED) is 0.126. The van der Waals surface area contributed by atoms with Crippen molar-refractivity contribution < 1.29 is 28.4 Å². The molecular weight excluding hydrogens is 576 g/mol. The standard InChI is InChI=1S/C40H36O6/c1-5-41-39(42-6-2)35(33-29-21-13-9-17-25(29)27-19-11-15-23-31(27)37(33)45-39)36-34-30-22-14-10-18-26(30)28-20-12-16-24-32(28)38(34)46-40(36,43-7-3)44-8-4/h9-24H,5-8H2,1-4H3/b36-35+. The highest BCUT2D eigenvalue weighted by atomic mass is 16.9. The monoisotopic (exact) mass is 612 g/mol. The predicted octanol–water partition coefficient (Wildman–Crippen LogP) is 9.45. The molecule has 0 aromatic heterocycles. The SMILES string of the molecule is CCOC1(OCC)Oc2c(c3ccccc3c3ccccc23)/C1=C1/c2c(c3ccccc3c3ccccc23)OC1(OCC)OCC. The van der Waals surface area contributed by atoms with E-state index in [0.29, 0.717) is 49.1 Å². The molecule has 0 spiro atoms. The molecule has 0 radical (unpaired) electrons. The fraction of sp³-hybridized carbons (Fsp3) is 0.250. The van der Waals surface area contributed by atoms with Gasteiger partial charge in [-0.15, -0.1) is 0 Å². The number of rotatable bonds is 8. The lowest BCUT2D eigenvalue weighted by atomic mass is 9.85. The van der Waals surface area contributed by atoms with Gasteiger partial charge in [0.15, 0.2) is 0 Å². The van der Waals surface area contributed by atoms with Gasteiger partial charge in [0.1, 0.15) is 11.5 Å². The van der Waals surface area contributed by atoms with E-state index in [1.807, 2.05) is 39.8 Å². The third kappa shape index (κ3) is 3.98. The minimum Gasteiger partial charge on any atom is -0.434 e. The van der Waals surface area contributed by atoms with Crippen LogP contribution in [0.2, 0.25) is 0 Å². The molecule has 6 aromatic rings. The first-order chi connectivity index (χ1) is 22.6. The average molecular weight is 613 g/mol. The Bertz CT molecular complexity index is 2010. The zero-order chi connectivity index (χ0) is 31.5. The van der Waals surface area contributed by atoms with E-state index >= 15 is 0 Å². The van der Waals surface area contributed by atoms with Crippen LogP contribution in [-0.4, -0.2) is 38.4 Å². The lowest BCUT2D eigenvalue weighted by molar-refractivity contribution is -0.302. The molecule has 0 N–H and O–H groups in total. The lowest BCUT2D eigenvalue weighted by Gasteiger charge is -2.34. The number of hydrogen-bond donors (Lipinski definition) is 0. The van der Waals surface area contributed by atoms with E-state index in [4.69, 9.17) is 28.4 Å². The highest BCUT2D eigenvalue weighted by molar-refractivity contribution is 6.23. The topological polar surface area (TPSA) is 55.4 Å². The summed E-state index contributed by atoms with van der Waals surface area (Å²) in [6.07, 6.45) is 0. The normalized spacial score (nSPS) is 17.8. The van der Waals surface area contributed by atoms with Crippen LogP contribution in [-0.2, 0) is 18.9 Å². The second kappa shape index (κ2) is 11.1. The Morgan fingerprint density at radius 3 is 0.957 bits per heavy atom. The molecule has 0 saturated carbocycles. The Balaban J connectivity index is 1.65. The van der Waals surface area contributed by atoms with Crippen LogP contribution in [0.4, 0.5) is 0 Å². The molecule has 0 amide bonds. The first-order valence-corrected chi connectivity index (χ1v) is 16.2. The maximum Gasteiger partial charge on any atom is 0.357 e. The predicted molar refractivity (Wildman–Crippen MR) is 183 cm³/mol. The number of ether oxygens (including phenoxy) is 6. The van der Waals surface area contributed by atoms with Crippen molar-refractivity contribution in [3.63, 3.8) is 0 Å². The van der Waals surface area contributed by atoms with Gasteiger partial charge in [0.2, 0.25) is 0 Å². The van der Waals surface area contributed by atoms with Crippen LogP contribution in [0.5, 0.6) is 11.5 Å². The van der Waals surface area contributed by atoms with Crippen molar-refractivity contribution in [2.24, 2.45) is 0 Å². The van der Waals surface area contributed by atoms with Gasteiger partial charge in [-0.1, -0.05) is 97.1 Å². The van der Waals surface area contributed by atoms with Crippen LogP contribution >= 0.6 is 0 Å². The second-order valence-electron chi connectivity index (χ2n) is 11.4. The van der Waals surface area contributed by atoms with Crippen molar-refractivity contribution in [1.82, 2.24) is 0 Å². The van der Waals surface area contributed by atoms with E-state index in [-0.39, 0.29) is 0 Å². The van der Waals surface area contributed by atoms with Crippen molar-refractivity contribution >= 4 is 54.2 Å². The van der Waals surface area contributed by atoms with E-state index in [9.17, 15) is 0 Å². The maximum atomic E-state index is 7.02. The van der Waals surface area contributed by atoms with Gasteiger partial charge in [-0.25, -0.2) is 0 Å². The molecule has 0 aliphatic carbocycles. The molecule has 8 rings (SSSR count). The van der Waals surface area contributed by atoms with Crippen LogP contribution in [0.3, 0.4) is 0 Å². The summed E-state index contributed by atoms with van der Waals surface area (Å²) in [4.78, 5) is 0. The zero-order valence-corrected chi connectivity index (χ0v) is 26.5. The van der Waals surface area contributed by atoms with E-state index in [2.05, 4.69) is 84.9 Å². The average Bonchev–Trinajstić information content (AvgIpc) is 3.58. The third-order valence-corrected chi connectivity index (χ3v) is 8.94. The zero-order valence-electron chi connectivity index (χ0n) is 26.5. The van der Waals surface area contributed by atoms with Crippen LogP contribution in [0.1, 0.15) is 38.8 Å². The summed E-state index contributed by atoms with van der Waals surface area (Å²) in [5, 5.41) is 8.34. The molecule has 6 nitrogen and oxygen atoms in total. The van der Waals surface area contributed by atoms with Crippen molar-refractivity contribution in [2.75, 3.05) is 26.4 Å². The summed E-state index contributed by atoms with van der Waals surface area (Å²) < 4.78 is 40.6. The molecule has 2 aliphatic rings. The van der Waals surface area contributed by atoms with Crippen LogP contribution < -0.4 is 9.47 Å². The van der Waals surface area contributed by atoms with Gasteiger partial charge in [-0.05, 0) is 60.0 Å². The first kappa shape index (κ1) is 29.0. The van der Waals surface area contributed by atoms with Gasteiger partial charge < -0.3 is 28.4 Å². The maximum absolute atomic E-state index is 7.02. The highest BCUT2D eigenvalue weighted by Gasteiger charge is 2.59. The summed E-state index contributed by atoms with van der Waals surface area (Å²) in [5.41, 5.74) is 3.14. The molecule has 0 unspecified atom stereocenters. The number of hydrogen-bond acceptors (Lipinski definition) is 6. The molecule has 6 aromatic carbocycles. The molecule has 6 heteroatoms. The van der Waals surface area contributed by atoms with Gasteiger partial charge in [0, 0.05) is 21.9 Å². The van der Waals surface area contributed by atoms with E-state index in [1.165, 1.54) is 0 Å². The Morgan fingerprint density at radius 1 is 0.391 bits per heavy atom. The third-order valence-electron chi connectivity index (χ3n) is 8.94. The van der Waals surface area contributed by atoms with Crippen molar-refractivity contribution in [3.05, 3.63) is 108 Å². The molecule has 2 heterocycles. The molecule has 232 valence electrons. The van der Waals surface area contributed by atoms with Crippen LogP contribution in [0.25, 0.3) is 54.2 Å². The van der Waals surface area contributed by atoms with Crippen LogP contribution in [0.15, 0.2) is 97.1 Å². The minimum atomic E-state index is -1.61. The molecule has 46 heavy (non-hydrogen) atoms. The van der Waals surface area contributed by atoms with Crippen LogP contribution in [0, 0.1) is 0 Å². The van der Waals surface area contributed by atoms with Gasteiger partial charge in [-0.2, -0.15) is 0 Å². The molecule has 0 fully saturated rings. The summed E-state index contributed by atoms with van der Waals surface area (Å²) >= 11 is 0. The van der Waals surface area contributed by atoms with Crippen molar-refractivity contribution in [1.29, 1.82) is 0 Å². The smallest absolute Gasteiger partial charge is 0.357 e. The van der Waals surface area contributed by atoms with E-state index in [0.717, 1.165) is 54.2 Å². The molecular formula is C40H36O6. The largest absolute Gasteiger partial charge is 0.434 e. The van der Waals surface area contributed by atoms with Crippen molar-refractivity contribution in [3.8, 4) is 11.5 Å². The number of fused-ring (bicyclic) bond motifs is 12. The van der Waals surface area contributed by atoms with E-state index < -0.39 is 11.9 Å². The molecule has 2 aliphatic heterocycles. The Kier molecular flexibility index (Phi) is 7.00. The van der Waals surface area contributed by atoms with Gasteiger partial charge in [0.05, 0.1) is 37.6 Å². The fourth-order valence-corrected chi connectivity index (χ4v) is 7.41. The van der Waals surface area contributed by atoms with E-state index in [1.54, 1.807) is 0 Å². The molecule has 0 atom stereocenters. The highest BCUT2D eigenvalue weighted by Crippen LogP contribution is 2.61. The second-order valence-corrected chi connectivity index (χ2v) is 11.4. The van der Waals surface area contributed by atoms with Crippen molar-refractivity contribution in [2.45, 2.75) is 39.6 Å². The Labute approximate surface area is 268 Å². The van der Waals surface area contributed by atoms with Gasteiger partial charge in [-0.3, -0.25) is 0 Å². The fourth-order valence-electron chi connectivity index (χ4n) is 7.41. The summed E-state index contributed by atoms with van der Waals surface area (Å²) in [7, 11) is 0. The Morgan fingerprint density at radius 2 is 0.652 bits per heavy atom. The Hall–Kier alpha value is -4.46. The minimum absolute atomic E-state index is 0.336. The summed E-state index contributed by atoms with van der Waals surface area (Å²) in [6.45, 7) is 9.15. The summed E-state index contributed by atoms with van der Waals surface area (Å²) in [6, 6.07) is 33.5.